The lowest BCUT2D eigenvalue weighted by Gasteiger charge is -2.11. The Bertz CT molecular complexity index is 742. The highest BCUT2D eigenvalue weighted by atomic mass is 35.5. The average Bonchev–Trinajstić information content (AvgIpc) is 2.45. The third-order valence-corrected chi connectivity index (χ3v) is 2.87. The monoisotopic (exact) mass is 321 g/mol. The number of ether oxygens (including phenoxy) is 1. The van der Waals surface area contributed by atoms with E-state index in [1.54, 1.807) is 25.3 Å². The topological polar surface area (TPSA) is 92.3 Å². The molecule has 2 N–H and O–H groups in total. The Morgan fingerprint density at radius 1 is 1.45 bits per heavy atom. The molecular formula is C14H16ClN5O2. The number of aromatic nitrogens is 3. The van der Waals surface area contributed by atoms with Gasteiger partial charge >= 0.3 is 5.69 Å². The second-order valence-electron chi connectivity index (χ2n) is 4.80. The maximum Gasteiger partial charge on any atom is 0.363 e. The first-order valence-corrected chi connectivity index (χ1v) is 7.02. The Labute approximate surface area is 132 Å². The van der Waals surface area contributed by atoms with Gasteiger partial charge in [0.2, 0.25) is 0 Å². The minimum atomic E-state index is -0.540. The SMILES string of the molecule is Cc1n[nH]c(=O)nc1N/N=C/c1ccc(OC(C)C)c(Cl)c1. The lowest BCUT2D eigenvalue weighted by molar-refractivity contribution is 0.242. The average molecular weight is 322 g/mol. The summed E-state index contributed by atoms with van der Waals surface area (Å²) in [5.74, 6) is 0.920. The largest absolute Gasteiger partial charge is 0.489 e. The Hall–Kier alpha value is -2.41. The number of halogens is 1. The third kappa shape index (κ3) is 4.29. The predicted molar refractivity (Wildman–Crippen MR) is 85.8 cm³/mol. The molecule has 8 heteroatoms. The van der Waals surface area contributed by atoms with Crippen LogP contribution < -0.4 is 15.9 Å². The van der Waals surface area contributed by atoms with Crippen LogP contribution in [0.3, 0.4) is 0 Å². The molecule has 0 fully saturated rings. The summed E-state index contributed by atoms with van der Waals surface area (Å²) in [6.07, 6.45) is 1.62. The molecule has 0 bridgehead atoms. The van der Waals surface area contributed by atoms with Crippen molar-refractivity contribution in [1.82, 2.24) is 15.2 Å². The lowest BCUT2D eigenvalue weighted by Crippen LogP contribution is -2.15. The van der Waals surface area contributed by atoms with Gasteiger partial charge in [0, 0.05) is 0 Å². The first kappa shape index (κ1) is 16.0. The molecule has 1 heterocycles. The summed E-state index contributed by atoms with van der Waals surface area (Å²) in [4.78, 5) is 14.8. The second kappa shape index (κ2) is 7.04. The van der Waals surface area contributed by atoms with Gasteiger partial charge in [-0.2, -0.15) is 15.2 Å². The van der Waals surface area contributed by atoms with Crippen LogP contribution in [-0.4, -0.2) is 27.5 Å². The van der Waals surface area contributed by atoms with Gasteiger partial charge in [0.1, 0.15) is 11.4 Å². The van der Waals surface area contributed by atoms with E-state index in [4.69, 9.17) is 16.3 Å². The zero-order chi connectivity index (χ0) is 16.1. The van der Waals surface area contributed by atoms with E-state index in [9.17, 15) is 4.79 Å². The van der Waals surface area contributed by atoms with Gasteiger partial charge in [0.25, 0.3) is 0 Å². The number of benzene rings is 1. The fourth-order valence-corrected chi connectivity index (χ4v) is 1.85. The molecule has 0 aliphatic carbocycles. The van der Waals surface area contributed by atoms with E-state index < -0.39 is 5.69 Å². The van der Waals surface area contributed by atoms with Gasteiger partial charge < -0.3 is 4.74 Å². The van der Waals surface area contributed by atoms with E-state index in [2.05, 4.69) is 25.7 Å². The molecule has 2 aromatic rings. The normalized spacial score (nSPS) is 11.1. The Morgan fingerprint density at radius 2 is 2.23 bits per heavy atom. The van der Waals surface area contributed by atoms with Crippen LogP contribution in [0.4, 0.5) is 5.82 Å². The van der Waals surface area contributed by atoms with Crippen molar-refractivity contribution in [1.29, 1.82) is 0 Å². The van der Waals surface area contributed by atoms with Gasteiger partial charge in [-0.25, -0.2) is 9.89 Å². The number of hydrogen-bond donors (Lipinski definition) is 2. The third-order valence-electron chi connectivity index (χ3n) is 2.58. The molecule has 1 aromatic carbocycles. The molecule has 0 aliphatic heterocycles. The number of nitrogens with zero attached hydrogens (tertiary/aromatic N) is 3. The van der Waals surface area contributed by atoms with E-state index in [0.717, 1.165) is 5.56 Å². The Morgan fingerprint density at radius 3 is 2.91 bits per heavy atom. The molecule has 1 aromatic heterocycles. The Balaban J connectivity index is 2.09. The lowest BCUT2D eigenvalue weighted by atomic mass is 10.2. The van der Waals surface area contributed by atoms with Crippen LogP contribution in [0.5, 0.6) is 5.75 Å². The van der Waals surface area contributed by atoms with Crippen molar-refractivity contribution < 1.29 is 4.74 Å². The number of aromatic amines is 1. The highest BCUT2D eigenvalue weighted by Crippen LogP contribution is 2.25. The predicted octanol–water partition coefficient (Wildman–Crippen LogP) is 2.36. The molecule has 0 aliphatic rings. The summed E-state index contributed by atoms with van der Waals surface area (Å²) >= 11 is 6.14. The van der Waals surface area contributed by atoms with Crippen LogP contribution in [0.25, 0.3) is 0 Å². The van der Waals surface area contributed by atoms with Crippen molar-refractivity contribution in [2.75, 3.05) is 5.43 Å². The molecule has 0 saturated heterocycles. The van der Waals surface area contributed by atoms with Crippen LogP contribution in [-0.2, 0) is 0 Å². The van der Waals surface area contributed by atoms with Gasteiger partial charge in [0.05, 0.1) is 17.3 Å². The van der Waals surface area contributed by atoms with Gasteiger partial charge in [-0.05, 0) is 44.5 Å². The van der Waals surface area contributed by atoms with E-state index in [1.807, 2.05) is 19.9 Å². The van der Waals surface area contributed by atoms with E-state index in [0.29, 0.717) is 22.3 Å². The standard InChI is InChI=1S/C14H16ClN5O2/c1-8(2)22-12-5-4-10(6-11(12)15)7-16-19-13-9(3)18-20-14(21)17-13/h4-8H,1-3H3,(H2,17,19,20,21)/b16-7+. The zero-order valence-electron chi connectivity index (χ0n) is 12.4. The van der Waals surface area contributed by atoms with Gasteiger partial charge in [0.15, 0.2) is 5.82 Å². The van der Waals surface area contributed by atoms with E-state index in [-0.39, 0.29) is 6.10 Å². The molecule has 0 spiro atoms. The molecule has 0 amide bonds. The zero-order valence-corrected chi connectivity index (χ0v) is 13.2. The molecular weight excluding hydrogens is 306 g/mol. The number of rotatable bonds is 5. The van der Waals surface area contributed by atoms with Crippen molar-refractivity contribution in [2.24, 2.45) is 5.10 Å². The molecule has 22 heavy (non-hydrogen) atoms. The van der Waals surface area contributed by atoms with Crippen LogP contribution in [0, 0.1) is 6.92 Å². The van der Waals surface area contributed by atoms with Crippen molar-refractivity contribution in [2.45, 2.75) is 26.9 Å². The number of aryl methyl sites for hydroxylation is 1. The first-order chi connectivity index (χ1) is 10.5. The van der Waals surface area contributed by atoms with Crippen molar-refractivity contribution in [3.05, 3.63) is 45.0 Å². The van der Waals surface area contributed by atoms with Crippen LogP contribution in [0.15, 0.2) is 28.1 Å². The van der Waals surface area contributed by atoms with Gasteiger partial charge in [-0.3, -0.25) is 5.43 Å². The van der Waals surface area contributed by atoms with Gasteiger partial charge in [-0.1, -0.05) is 11.6 Å². The fourth-order valence-electron chi connectivity index (χ4n) is 1.61. The Kier molecular flexibility index (Phi) is 5.11. The molecule has 2 rings (SSSR count). The molecule has 0 saturated carbocycles. The number of hydrogen-bond acceptors (Lipinski definition) is 6. The molecule has 7 nitrogen and oxygen atoms in total. The van der Waals surface area contributed by atoms with Crippen LogP contribution in [0.1, 0.15) is 25.1 Å². The smallest absolute Gasteiger partial charge is 0.363 e. The fraction of sp³-hybridized carbons (Fsp3) is 0.286. The van der Waals surface area contributed by atoms with E-state index >= 15 is 0 Å². The van der Waals surface area contributed by atoms with Gasteiger partial charge in [-0.15, -0.1) is 0 Å². The van der Waals surface area contributed by atoms with Crippen molar-refractivity contribution in [3.63, 3.8) is 0 Å². The molecule has 0 atom stereocenters. The minimum absolute atomic E-state index is 0.0522. The number of H-pyrrole nitrogens is 1. The summed E-state index contributed by atoms with van der Waals surface area (Å²) in [5.41, 5.74) is 3.45. The highest BCUT2D eigenvalue weighted by Gasteiger charge is 2.04. The van der Waals surface area contributed by atoms with Crippen molar-refractivity contribution >= 4 is 23.6 Å². The highest BCUT2D eigenvalue weighted by molar-refractivity contribution is 6.32. The molecule has 0 radical (unpaired) electrons. The maximum absolute atomic E-state index is 11.1. The van der Waals surface area contributed by atoms with Crippen LogP contribution in [0.2, 0.25) is 5.02 Å². The summed E-state index contributed by atoms with van der Waals surface area (Å²) < 4.78 is 5.55. The summed E-state index contributed by atoms with van der Waals surface area (Å²) in [7, 11) is 0. The first-order valence-electron chi connectivity index (χ1n) is 6.64. The second-order valence-corrected chi connectivity index (χ2v) is 5.21. The van der Waals surface area contributed by atoms with Crippen molar-refractivity contribution in [3.8, 4) is 5.75 Å². The van der Waals surface area contributed by atoms with Crippen LogP contribution >= 0.6 is 11.6 Å². The summed E-state index contributed by atoms with van der Waals surface area (Å²) in [6, 6.07) is 5.34. The summed E-state index contributed by atoms with van der Waals surface area (Å²) in [5, 5.41) is 10.5. The molecule has 116 valence electrons. The molecule has 0 unspecified atom stereocenters. The number of anilines is 1. The quantitative estimate of drug-likeness (QED) is 0.651. The number of hydrazone groups is 1. The number of nitrogens with one attached hydrogen (secondary N) is 2. The summed E-state index contributed by atoms with van der Waals surface area (Å²) in [6.45, 7) is 5.57. The minimum Gasteiger partial charge on any atom is -0.489 e. The van der Waals surface area contributed by atoms with E-state index in [1.165, 1.54) is 0 Å². The maximum atomic E-state index is 11.1.